The maximum atomic E-state index is 5.99. The zero-order chi connectivity index (χ0) is 13.8. The average Bonchev–Trinajstić information content (AvgIpc) is 2.37. The summed E-state index contributed by atoms with van der Waals surface area (Å²) in [5.41, 5.74) is 3.58. The number of benzene rings is 2. The van der Waals surface area contributed by atoms with Crippen molar-refractivity contribution in [3.05, 3.63) is 57.6 Å². The minimum atomic E-state index is 0.798. The fourth-order valence-corrected chi connectivity index (χ4v) is 2.19. The van der Waals surface area contributed by atoms with Crippen LogP contribution >= 0.6 is 15.9 Å². The van der Waals surface area contributed by atoms with Crippen LogP contribution in [-0.2, 0) is 6.54 Å². The van der Waals surface area contributed by atoms with Gasteiger partial charge in [-0.3, -0.25) is 0 Å². The van der Waals surface area contributed by atoms with E-state index in [-0.39, 0.29) is 0 Å². The summed E-state index contributed by atoms with van der Waals surface area (Å²) in [6.45, 7) is 4.94. The molecule has 0 unspecified atom stereocenters. The molecule has 2 aromatic rings. The standard InChI is InChI=1S/C16H18BrNO/c1-11-4-7-16(13(8-11)10-18-3)19-14-5-6-15(17)12(2)9-14/h4-9,18H,10H2,1-3H3. The van der Waals surface area contributed by atoms with Gasteiger partial charge in [-0.05, 0) is 50.7 Å². The van der Waals surface area contributed by atoms with Gasteiger partial charge < -0.3 is 10.1 Å². The zero-order valence-corrected chi connectivity index (χ0v) is 13.0. The Morgan fingerprint density at radius 1 is 1.11 bits per heavy atom. The number of halogens is 1. The Balaban J connectivity index is 2.29. The van der Waals surface area contributed by atoms with Crippen molar-refractivity contribution in [3.63, 3.8) is 0 Å². The molecule has 0 saturated heterocycles. The van der Waals surface area contributed by atoms with Gasteiger partial charge >= 0.3 is 0 Å². The van der Waals surface area contributed by atoms with E-state index in [9.17, 15) is 0 Å². The molecule has 0 amide bonds. The summed E-state index contributed by atoms with van der Waals surface area (Å²) in [5.74, 6) is 1.77. The van der Waals surface area contributed by atoms with Gasteiger partial charge in [-0.25, -0.2) is 0 Å². The highest BCUT2D eigenvalue weighted by molar-refractivity contribution is 9.10. The predicted molar refractivity (Wildman–Crippen MR) is 82.9 cm³/mol. The minimum Gasteiger partial charge on any atom is -0.457 e. The molecule has 1 N–H and O–H groups in total. The molecule has 0 aliphatic rings. The van der Waals surface area contributed by atoms with Gasteiger partial charge in [0.05, 0.1) is 0 Å². The van der Waals surface area contributed by atoms with E-state index in [0.717, 1.165) is 22.5 Å². The Bertz CT molecular complexity index is 581. The van der Waals surface area contributed by atoms with Gasteiger partial charge in [-0.2, -0.15) is 0 Å². The van der Waals surface area contributed by atoms with E-state index in [2.05, 4.69) is 47.2 Å². The smallest absolute Gasteiger partial charge is 0.131 e. The van der Waals surface area contributed by atoms with Gasteiger partial charge in [0.2, 0.25) is 0 Å². The van der Waals surface area contributed by atoms with E-state index in [1.54, 1.807) is 0 Å². The van der Waals surface area contributed by atoms with Crippen LogP contribution in [0.25, 0.3) is 0 Å². The molecule has 0 aliphatic carbocycles. The molecule has 19 heavy (non-hydrogen) atoms. The van der Waals surface area contributed by atoms with Gasteiger partial charge in [-0.15, -0.1) is 0 Å². The zero-order valence-electron chi connectivity index (χ0n) is 11.5. The quantitative estimate of drug-likeness (QED) is 0.890. The lowest BCUT2D eigenvalue weighted by molar-refractivity contribution is 0.473. The van der Waals surface area contributed by atoms with Crippen LogP contribution in [0, 0.1) is 13.8 Å². The van der Waals surface area contributed by atoms with Crippen LogP contribution < -0.4 is 10.1 Å². The molecule has 0 radical (unpaired) electrons. The summed E-state index contributed by atoms with van der Waals surface area (Å²) in [4.78, 5) is 0. The lowest BCUT2D eigenvalue weighted by atomic mass is 10.1. The van der Waals surface area contributed by atoms with Gasteiger partial charge in [0.1, 0.15) is 11.5 Å². The second-order valence-corrected chi connectivity index (χ2v) is 5.51. The number of rotatable bonds is 4. The first kappa shape index (κ1) is 14.1. The highest BCUT2D eigenvalue weighted by Gasteiger charge is 2.06. The van der Waals surface area contributed by atoms with Gasteiger partial charge in [-0.1, -0.05) is 33.6 Å². The molecular weight excluding hydrogens is 302 g/mol. The third-order valence-corrected chi connectivity index (χ3v) is 3.83. The summed E-state index contributed by atoms with van der Waals surface area (Å²) in [6, 6.07) is 12.3. The third kappa shape index (κ3) is 3.58. The lowest BCUT2D eigenvalue weighted by Gasteiger charge is -2.12. The molecular formula is C16H18BrNO. The van der Waals surface area contributed by atoms with E-state index >= 15 is 0 Å². The molecule has 2 aromatic carbocycles. The van der Waals surface area contributed by atoms with E-state index < -0.39 is 0 Å². The predicted octanol–water partition coefficient (Wildman–Crippen LogP) is 4.58. The molecule has 3 heteroatoms. The largest absolute Gasteiger partial charge is 0.457 e. The first-order valence-corrected chi connectivity index (χ1v) is 7.07. The maximum absolute atomic E-state index is 5.99. The van der Waals surface area contributed by atoms with Crippen molar-refractivity contribution >= 4 is 15.9 Å². The molecule has 2 nitrogen and oxygen atoms in total. The molecule has 0 spiro atoms. The Morgan fingerprint density at radius 2 is 1.89 bits per heavy atom. The van der Waals surface area contributed by atoms with Crippen LogP contribution in [0.3, 0.4) is 0 Å². The van der Waals surface area contributed by atoms with Gasteiger partial charge in [0.15, 0.2) is 0 Å². The fourth-order valence-electron chi connectivity index (χ4n) is 1.94. The average molecular weight is 320 g/mol. The summed E-state index contributed by atoms with van der Waals surface area (Å²) < 4.78 is 7.09. The number of hydrogen-bond donors (Lipinski definition) is 1. The Morgan fingerprint density at radius 3 is 2.58 bits per heavy atom. The molecule has 0 fully saturated rings. The molecule has 2 rings (SSSR count). The van der Waals surface area contributed by atoms with Crippen LogP contribution in [0.2, 0.25) is 0 Å². The van der Waals surface area contributed by atoms with E-state index in [1.165, 1.54) is 16.7 Å². The summed E-state index contributed by atoms with van der Waals surface area (Å²) >= 11 is 3.50. The van der Waals surface area contributed by atoms with Crippen LogP contribution in [0.5, 0.6) is 11.5 Å². The minimum absolute atomic E-state index is 0.798. The van der Waals surface area contributed by atoms with Crippen molar-refractivity contribution in [2.24, 2.45) is 0 Å². The summed E-state index contributed by atoms with van der Waals surface area (Å²) in [6.07, 6.45) is 0. The Hall–Kier alpha value is -1.32. The summed E-state index contributed by atoms with van der Waals surface area (Å²) in [5, 5.41) is 3.17. The lowest BCUT2D eigenvalue weighted by Crippen LogP contribution is -2.06. The fraction of sp³-hybridized carbons (Fsp3) is 0.250. The molecule has 0 aliphatic heterocycles. The van der Waals surface area contributed by atoms with Crippen molar-refractivity contribution in [3.8, 4) is 11.5 Å². The number of nitrogens with one attached hydrogen (secondary N) is 1. The van der Waals surface area contributed by atoms with Crippen molar-refractivity contribution in [2.75, 3.05) is 7.05 Å². The summed E-state index contributed by atoms with van der Waals surface area (Å²) in [7, 11) is 1.94. The van der Waals surface area contributed by atoms with Crippen molar-refractivity contribution < 1.29 is 4.74 Å². The van der Waals surface area contributed by atoms with Gasteiger partial charge in [0, 0.05) is 16.6 Å². The molecule has 0 heterocycles. The van der Waals surface area contributed by atoms with Crippen LogP contribution in [0.15, 0.2) is 40.9 Å². The number of aryl methyl sites for hydroxylation is 2. The highest BCUT2D eigenvalue weighted by atomic mass is 79.9. The Kier molecular flexibility index (Phi) is 4.61. The molecule has 100 valence electrons. The van der Waals surface area contributed by atoms with Crippen molar-refractivity contribution in [1.82, 2.24) is 5.32 Å². The van der Waals surface area contributed by atoms with E-state index in [4.69, 9.17) is 4.74 Å². The van der Waals surface area contributed by atoms with Crippen LogP contribution in [-0.4, -0.2) is 7.05 Å². The van der Waals surface area contributed by atoms with Crippen LogP contribution in [0.4, 0.5) is 0 Å². The highest BCUT2D eigenvalue weighted by Crippen LogP contribution is 2.29. The maximum Gasteiger partial charge on any atom is 0.131 e. The molecule has 0 bridgehead atoms. The topological polar surface area (TPSA) is 21.3 Å². The molecule has 0 saturated carbocycles. The van der Waals surface area contributed by atoms with E-state index in [0.29, 0.717) is 0 Å². The second kappa shape index (κ2) is 6.22. The van der Waals surface area contributed by atoms with Crippen LogP contribution in [0.1, 0.15) is 16.7 Å². The molecule has 0 atom stereocenters. The van der Waals surface area contributed by atoms with E-state index in [1.807, 2.05) is 31.3 Å². The van der Waals surface area contributed by atoms with Crippen molar-refractivity contribution in [2.45, 2.75) is 20.4 Å². The van der Waals surface area contributed by atoms with Crippen molar-refractivity contribution in [1.29, 1.82) is 0 Å². The molecule has 0 aromatic heterocycles. The number of hydrogen-bond acceptors (Lipinski definition) is 2. The first-order chi connectivity index (χ1) is 9.10. The first-order valence-electron chi connectivity index (χ1n) is 6.28. The third-order valence-electron chi connectivity index (χ3n) is 2.94. The normalized spacial score (nSPS) is 10.5. The Labute approximate surface area is 122 Å². The second-order valence-electron chi connectivity index (χ2n) is 4.65. The SMILES string of the molecule is CNCc1cc(C)ccc1Oc1ccc(Br)c(C)c1. The van der Waals surface area contributed by atoms with Gasteiger partial charge in [0.25, 0.3) is 0 Å². The number of ether oxygens (including phenoxy) is 1. The monoisotopic (exact) mass is 319 g/mol.